The predicted molar refractivity (Wildman–Crippen MR) is 104 cm³/mol. The Morgan fingerprint density at radius 2 is 1.67 bits per heavy atom. The van der Waals surface area contributed by atoms with Crippen LogP contribution in [-0.2, 0) is 9.53 Å². The second-order valence-corrected chi connectivity index (χ2v) is 7.52. The molecule has 0 N–H and O–H groups in total. The number of carbonyl (C=O) groups is 2. The van der Waals surface area contributed by atoms with E-state index < -0.39 is 12.1 Å². The van der Waals surface area contributed by atoms with Gasteiger partial charge in [-0.3, -0.25) is 4.79 Å². The first-order chi connectivity index (χ1) is 12.8. The first-order valence-electron chi connectivity index (χ1n) is 9.56. The van der Waals surface area contributed by atoms with Crippen molar-refractivity contribution in [3.63, 3.8) is 0 Å². The molecule has 144 valence electrons. The smallest absolute Gasteiger partial charge is 0.338 e. The van der Waals surface area contributed by atoms with E-state index in [-0.39, 0.29) is 18.0 Å². The lowest BCUT2D eigenvalue weighted by Crippen LogP contribution is -2.51. The van der Waals surface area contributed by atoms with Gasteiger partial charge < -0.3 is 9.64 Å². The van der Waals surface area contributed by atoms with Crippen molar-refractivity contribution in [1.82, 2.24) is 14.9 Å². The van der Waals surface area contributed by atoms with Crippen molar-refractivity contribution in [3.05, 3.63) is 35.2 Å². The summed E-state index contributed by atoms with van der Waals surface area (Å²) in [6.07, 6.45) is 2.27. The molecule has 1 aromatic carbocycles. The van der Waals surface area contributed by atoms with Crippen molar-refractivity contribution in [1.29, 1.82) is 0 Å². The van der Waals surface area contributed by atoms with Crippen LogP contribution in [0.3, 0.4) is 0 Å². The number of aromatic nitrogens is 2. The van der Waals surface area contributed by atoms with Crippen LogP contribution < -0.4 is 0 Å². The highest BCUT2D eigenvalue weighted by Gasteiger charge is 2.33. The molecular weight excluding hydrogens is 342 g/mol. The number of carbonyl (C=O) groups excluding carboxylic acids is 2. The first-order valence-corrected chi connectivity index (χ1v) is 9.56. The van der Waals surface area contributed by atoms with E-state index >= 15 is 0 Å². The monoisotopic (exact) mass is 369 g/mol. The Kier molecular flexibility index (Phi) is 5.44. The molecule has 0 saturated carbocycles. The highest BCUT2D eigenvalue weighted by molar-refractivity contribution is 5.95. The summed E-state index contributed by atoms with van der Waals surface area (Å²) in [6, 6.07) is 5.43. The van der Waals surface area contributed by atoms with Crippen LogP contribution in [0.2, 0.25) is 0 Å². The third-order valence-electron chi connectivity index (χ3n) is 5.39. The number of hydrogen-bond donors (Lipinski definition) is 0. The zero-order valence-corrected chi connectivity index (χ0v) is 16.7. The molecule has 0 spiro atoms. The van der Waals surface area contributed by atoms with Crippen molar-refractivity contribution < 1.29 is 14.3 Å². The van der Waals surface area contributed by atoms with Gasteiger partial charge in [0.1, 0.15) is 0 Å². The maximum absolute atomic E-state index is 12.8. The number of fused-ring (bicyclic) bond motifs is 1. The van der Waals surface area contributed by atoms with Gasteiger partial charge in [-0.1, -0.05) is 0 Å². The Morgan fingerprint density at radius 1 is 1.07 bits per heavy atom. The second-order valence-electron chi connectivity index (χ2n) is 7.52. The number of piperidine rings is 1. The topological polar surface area (TPSA) is 72.4 Å². The second kappa shape index (κ2) is 7.62. The molecule has 1 fully saturated rings. The summed E-state index contributed by atoms with van der Waals surface area (Å²) in [5, 5.41) is 0. The number of aryl methyl sites for hydroxylation is 2. The number of hydrogen-bond acceptors (Lipinski definition) is 5. The molecule has 6 nitrogen and oxygen atoms in total. The molecule has 1 amide bonds. The van der Waals surface area contributed by atoms with Gasteiger partial charge in [0.05, 0.1) is 28.0 Å². The molecule has 3 rings (SSSR count). The summed E-state index contributed by atoms with van der Waals surface area (Å²) in [7, 11) is 0. The SMILES string of the molecule is Cc1nc2ccc(C(=O)O[C@@H](C)C(=O)N3[C@@H](C)CCC[C@@H]3C)cc2nc1C. The molecule has 2 aromatic rings. The van der Waals surface area contributed by atoms with E-state index in [9.17, 15) is 9.59 Å². The molecule has 1 saturated heterocycles. The van der Waals surface area contributed by atoms with Crippen molar-refractivity contribution in [2.45, 2.75) is 72.1 Å². The van der Waals surface area contributed by atoms with Crippen LogP contribution in [0.1, 0.15) is 61.8 Å². The minimum Gasteiger partial charge on any atom is -0.449 e. The average Bonchev–Trinajstić information content (AvgIpc) is 2.62. The lowest BCUT2D eigenvalue weighted by molar-refractivity contribution is -0.146. The summed E-state index contributed by atoms with van der Waals surface area (Å²) in [5.41, 5.74) is 3.44. The van der Waals surface area contributed by atoms with Crippen LogP contribution >= 0.6 is 0 Å². The van der Waals surface area contributed by atoms with Gasteiger partial charge in [0.25, 0.3) is 5.91 Å². The molecule has 1 aliphatic rings. The Balaban J connectivity index is 1.75. The maximum atomic E-state index is 12.8. The minimum absolute atomic E-state index is 0.130. The van der Waals surface area contributed by atoms with Gasteiger partial charge >= 0.3 is 5.97 Å². The predicted octanol–water partition coefficient (Wildman–Crippen LogP) is 3.58. The lowest BCUT2D eigenvalue weighted by atomic mass is 9.97. The largest absolute Gasteiger partial charge is 0.449 e. The lowest BCUT2D eigenvalue weighted by Gasteiger charge is -2.40. The molecule has 6 heteroatoms. The van der Waals surface area contributed by atoms with Crippen LogP contribution in [0.25, 0.3) is 11.0 Å². The van der Waals surface area contributed by atoms with Crippen molar-refractivity contribution in [2.75, 3.05) is 0 Å². The van der Waals surface area contributed by atoms with Gasteiger partial charge in [0, 0.05) is 12.1 Å². The summed E-state index contributed by atoms with van der Waals surface area (Å²) in [5.74, 6) is -0.648. The molecule has 0 radical (unpaired) electrons. The summed E-state index contributed by atoms with van der Waals surface area (Å²) in [4.78, 5) is 36.2. The van der Waals surface area contributed by atoms with Crippen LogP contribution in [-0.4, -0.2) is 44.9 Å². The number of likely N-dealkylation sites (tertiary alicyclic amines) is 1. The zero-order valence-electron chi connectivity index (χ0n) is 16.7. The number of benzene rings is 1. The molecule has 2 heterocycles. The van der Waals surface area contributed by atoms with Gasteiger partial charge in [-0.2, -0.15) is 0 Å². The zero-order chi connectivity index (χ0) is 19.7. The molecule has 1 aliphatic heterocycles. The van der Waals surface area contributed by atoms with E-state index in [2.05, 4.69) is 23.8 Å². The van der Waals surface area contributed by atoms with Crippen molar-refractivity contribution in [2.24, 2.45) is 0 Å². The Morgan fingerprint density at radius 3 is 2.30 bits per heavy atom. The Bertz CT molecular complexity index is 870. The molecule has 3 atom stereocenters. The van der Waals surface area contributed by atoms with Gasteiger partial charge in [-0.05, 0) is 72.1 Å². The van der Waals surface area contributed by atoms with E-state index in [0.29, 0.717) is 11.1 Å². The Labute approximate surface area is 159 Å². The minimum atomic E-state index is -0.818. The molecular formula is C21H27N3O3. The van der Waals surface area contributed by atoms with Gasteiger partial charge in [-0.25, -0.2) is 14.8 Å². The molecule has 0 aliphatic carbocycles. The number of nitrogens with zero attached hydrogens (tertiary/aromatic N) is 3. The average molecular weight is 369 g/mol. The van der Waals surface area contributed by atoms with Crippen LogP contribution in [0.4, 0.5) is 0 Å². The number of ether oxygens (including phenoxy) is 1. The fourth-order valence-corrected chi connectivity index (χ4v) is 3.70. The maximum Gasteiger partial charge on any atom is 0.338 e. The summed E-state index contributed by atoms with van der Waals surface area (Å²) >= 11 is 0. The molecule has 27 heavy (non-hydrogen) atoms. The first kappa shape index (κ1) is 19.3. The van der Waals surface area contributed by atoms with E-state index in [0.717, 1.165) is 36.2 Å². The van der Waals surface area contributed by atoms with Crippen molar-refractivity contribution in [3.8, 4) is 0 Å². The van der Waals surface area contributed by atoms with E-state index in [1.165, 1.54) is 0 Å². The Hall–Kier alpha value is -2.50. The van der Waals surface area contributed by atoms with Crippen LogP contribution in [0, 0.1) is 13.8 Å². The van der Waals surface area contributed by atoms with Gasteiger partial charge in [0.15, 0.2) is 6.10 Å². The standard InChI is InChI=1S/C21H27N3O3/c1-12-7-6-8-13(2)24(12)20(25)16(5)27-21(26)17-9-10-18-19(11-17)23-15(4)14(3)22-18/h9-13,16H,6-8H2,1-5H3/t12-,13-,16-/m0/s1. The third kappa shape index (κ3) is 3.94. The fraction of sp³-hybridized carbons (Fsp3) is 0.524. The number of esters is 1. The highest BCUT2D eigenvalue weighted by Crippen LogP contribution is 2.24. The molecule has 0 unspecified atom stereocenters. The van der Waals surface area contributed by atoms with Crippen LogP contribution in [0.15, 0.2) is 18.2 Å². The molecule has 1 aromatic heterocycles. The highest BCUT2D eigenvalue weighted by atomic mass is 16.5. The fourth-order valence-electron chi connectivity index (χ4n) is 3.70. The number of amides is 1. The van der Waals surface area contributed by atoms with Crippen LogP contribution in [0.5, 0.6) is 0 Å². The van der Waals surface area contributed by atoms with Gasteiger partial charge in [0.2, 0.25) is 0 Å². The summed E-state index contributed by atoms with van der Waals surface area (Å²) < 4.78 is 5.47. The van der Waals surface area contributed by atoms with Gasteiger partial charge in [-0.15, -0.1) is 0 Å². The van der Waals surface area contributed by atoms with E-state index in [1.807, 2.05) is 18.7 Å². The molecule has 0 bridgehead atoms. The normalized spacial score (nSPS) is 21.1. The third-order valence-corrected chi connectivity index (χ3v) is 5.39. The quantitative estimate of drug-likeness (QED) is 0.773. The summed E-state index contributed by atoms with van der Waals surface area (Å²) in [6.45, 7) is 9.53. The number of rotatable bonds is 3. The van der Waals surface area contributed by atoms with E-state index in [4.69, 9.17) is 4.74 Å². The van der Waals surface area contributed by atoms with Crippen molar-refractivity contribution >= 4 is 22.9 Å². The van der Waals surface area contributed by atoms with E-state index in [1.54, 1.807) is 25.1 Å².